The Labute approximate surface area is 102 Å². The van der Waals surface area contributed by atoms with Gasteiger partial charge in [-0.1, -0.05) is 12.1 Å². The molecule has 90 valence electrons. The standard InChI is InChI=1S/C11H17N3O.ClH/c1-11(4-6-12-7-5-11)10-13-9(15-14-10)8-2-3-8;/h8,12H,2-7H2,1H3;1H. The lowest BCUT2D eigenvalue weighted by Crippen LogP contribution is -2.38. The second kappa shape index (κ2) is 4.34. The first-order valence-electron chi connectivity index (χ1n) is 5.83. The predicted molar refractivity (Wildman–Crippen MR) is 63.0 cm³/mol. The molecular weight excluding hydrogens is 226 g/mol. The monoisotopic (exact) mass is 243 g/mol. The van der Waals surface area contributed by atoms with E-state index in [4.69, 9.17) is 4.52 Å². The molecule has 0 spiro atoms. The van der Waals surface area contributed by atoms with E-state index < -0.39 is 0 Å². The molecule has 0 unspecified atom stereocenters. The van der Waals surface area contributed by atoms with Crippen molar-refractivity contribution < 1.29 is 4.52 Å². The number of nitrogens with zero attached hydrogens (tertiary/aromatic N) is 2. The molecule has 5 heteroatoms. The minimum absolute atomic E-state index is 0. The Morgan fingerprint density at radius 1 is 1.31 bits per heavy atom. The van der Waals surface area contributed by atoms with Gasteiger partial charge in [-0.2, -0.15) is 4.98 Å². The highest BCUT2D eigenvalue weighted by molar-refractivity contribution is 5.85. The molecule has 1 aliphatic carbocycles. The van der Waals surface area contributed by atoms with E-state index in [2.05, 4.69) is 22.4 Å². The molecule has 0 atom stereocenters. The van der Waals surface area contributed by atoms with Crippen molar-refractivity contribution in [3.05, 3.63) is 11.7 Å². The second-order valence-corrected chi connectivity index (χ2v) is 5.04. The van der Waals surface area contributed by atoms with Crippen LogP contribution >= 0.6 is 12.4 Å². The summed E-state index contributed by atoms with van der Waals surface area (Å²) in [5.41, 5.74) is 0.127. The Morgan fingerprint density at radius 2 is 2.00 bits per heavy atom. The van der Waals surface area contributed by atoms with E-state index in [1.807, 2.05) is 0 Å². The fourth-order valence-electron chi connectivity index (χ4n) is 2.18. The summed E-state index contributed by atoms with van der Waals surface area (Å²) < 4.78 is 5.33. The molecule has 0 bridgehead atoms. The maximum atomic E-state index is 5.33. The highest BCUT2D eigenvalue weighted by Crippen LogP contribution is 2.40. The van der Waals surface area contributed by atoms with Gasteiger partial charge < -0.3 is 9.84 Å². The highest BCUT2D eigenvalue weighted by atomic mass is 35.5. The summed E-state index contributed by atoms with van der Waals surface area (Å²) in [7, 11) is 0. The van der Waals surface area contributed by atoms with Gasteiger partial charge in [-0.15, -0.1) is 12.4 Å². The molecule has 1 aliphatic heterocycles. The molecule has 0 aromatic carbocycles. The van der Waals surface area contributed by atoms with Crippen molar-refractivity contribution in [3.8, 4) is 0 Å². The van der Waals surface area contributed by atoms with Crippen LogP contribution in [0.4, 0.5) is 0 Å². The highest BCUT2D eigenvalue weighted by Gasteiger charge is 2.36. The number of hydrogen-bond acceptors (Lipinski definition) is 4. The van der Waals surface area contributed by atoms with Crippen LogP contribution in [0.15, 0.2) is 4.52 Å². The van der Waals surface area contributed by atoms with Crippen molar-refractivity contribution in [2.45, 2.75) is 43.9 Å². The van der Waals surface area contributed by atoms with Gasteiger partial charge in [0.25, 0.3) is 0 Å². The molecule has 1 saturated carbocycles. The van der Waals surface area contributed by atoms with Gasteiger partial charge in [-0.05, 0) is 38.8 Å². The normalized spacial score (nSPS) is 23.8. The van der Waals surface area contributed by atoms with E-state index in [9.17, 15) is 0 Å². The van der Waals surface area contributed by atoms with E-state index in [0.717, 1.165) is 37.6 Å². The van der Waals surface area contributed by atoms with Crippen LogP contribution in [-0.2, 0) is 5.41 Å². The lowest BCUT2D eigenvalue weighted by atomic mass is 9.80. The number of hydrogen-bond donors (Lipinski definition) is 1. The van der Waals surface area contributed by atoms with Crippen molar-refractivity contribution >= 4 is 12.4 Å². The number of nitrogens with one attached hydrogen (secondary N) is 1. The van der Waals surface area contributed by atoms with Gasteiger partial charge in [0.2, 0.25) is 5.89 Å². The maximum Gasteiger partial charge on any atom is 0.229 e. The Bertz CT molecular complexity index is 356. The first-order valence-corrected chi connectivity index (χ1v) is 5.83. The molecule has 1 aromatic rings. The van der Waals surface area contributed by atoms with Gasteiger partial charge in [0.15, 0.2) is 5.82 Å². The fraction of sp³-hybridized carbons (Fsp3) is 0.818. The van der Waals surface area contributed by atoms with Crippen LogP contribution in [0.5, 0.6) is 0 Å². The summed E-state index contributed by atoms with van der Waals surface area (Å²) >= 11 is 0. The second-order valence-electron chi connectivity index (χ2n) is 5.04. The number of aromatic nitrogens is 2. The topological polar surface area (TPSA) is 51.0 Å². The average molecular weight is 244 g/mol. The molecule has 2 aliphatic rings. The molecule has 16 heavy (non-hydrogen) atoms. The van der Waals surface area contributed by atoms with Crippen LogP contribution < -0.4 is 5.32 Å². The van der Waals surface area contributed by atoms with E-state index in [1.165, 1.54) is 12.8 Å². The smallest absolute Gasteiger partial charge is 0.229 e. The molecule has 3 rings (SSSR count). The van der Waals surface area contributed by atoms with Gasteiger partial charge in [-0.3, -0.25) is 0 Å². The Balaban J connectivity index is 0.000000963. The van der Waals surface area contributed by atoms with Gasteiger partial charge in [0.05, 0.1) is 0 Å². The average Bonchev–Trinajstić information content (AvgIpc) is 2.97. The van der Waals surface area contributed by atoms with E-state index in [1.54, 1.807) is 0 Å². The molecule has 2 heterocycles. The fourth-order valence-corrected chi connectivity index (χ4v) is 2.18. The van der Waals surface area contributed by atoms with Gasteiger partial charge in [-0.25, -0.2) is 0 Å². The summed E-state index contributed by atoms with van der Waals surface area (Å²) in [4.78, 5) is 4.56. The first kappa shape index (κ1) is 11.9. The molecule has 2 fully saturated rings. The van der Waals surface area contributed by atoms with Crippen molar-refractivity contribution in [1.82, 2.24) is 15.5 Å². The quantitative estimate of drug-likeness (QED) is 0.864. The van der Waals surface area contributed by atoms with Crippen LogP contribution in [-0.4, -0.2) is 23.2 Å². The van der Waals surface area contributed by atoms with Crippen LogP contribution in [0.3, 0.4) is 0 Å². The lowest BCUT2D eigenvalue weighted by Gasteiger charge is -2.30. The van der Waals surface area contributed by atoms with Gasteiger partial charge in [0, 0.05) is 11.3 Å². The summed E-state index contributed by atoms with van der Waals surface area (Å²) in [5.74, 6) is 2.35. The van der Waals surface area contributed by atoms with Crippen molar-refractivity contribution in [3.63, 3.8) is 0 Å². The summed E-state index contributed by atoms with van der Waals surface area (Å²) in [6.45, 7) is 4.36. The zero-order chi connectivity index (χ0) is 10.3. The van der Waals surface area contributed by atoms with Crippen molar-refractivity contribution in [1.29, 1.82) is 0 Å². The van der Waals surface area contributed by atoms with Gasteiger partial charge in [0.1, 0.15) is 0 Å². The summed E-state index contributed by atoms with van der Waals surface area (Å²) in [6, 6.07) is 0. The third-order valence-corrected chi connectivity index (χ3v) is 3.62. The van der Waals surface area contributed by atoms with Crippen molar-refractivity contribution in [2.24, 2.45) is 0 Å². The Hall–Kier alpha value is -0.610. The first-order chi connectivity index (χ1) is 7.28. The largest absolute Gasteiger partial charge is 0.339 e. The minimum atomic E-state index is 0. The van der Waals surface area contributed by atoms with Crippen LogP contribution in [0, 0.1) is 0 Å². The zero-order valence-corrected chi connectivity index (χ0v) is 10.3. The Kier molecular flexibility index (Phi) is 3.22. The number of rotatable bonds is 2. The maximum absolute atomic E-state index is 5.33. The zero-order valence-electron chi connectivity index (χ0n) is 9.53. The number of piperidine rings is 1. The Morgan fingerprint density at radius 3 is 2.62 bits per heavy atom. The molecule has 1 saturated heterocycles. The molecule has 4 nitrogen and oxygen atoms in total. The molecule has 0 amide bonds. The van der Waals surface area contributed by atoms with Crippen molar-refractivity contribution in [2.75, 3.05) is 13.1 Å². The van der Waals surface area contributed by atoms with E-state index in [0.29, 0.717) is 5.92 Å². The molecule has 1 aromatic heterocycles. The summed E-state index contributed by atoms with van der Waals surface area (Å²) in [6.07, 6.45) is 4.66. The van der Waals surface area contributed by atoms with E-state index >= 15 is 0 Å². The van der Waals surface area contributed by atoms with Crippen LogP contribution in [0.1, 0.15) is 50.2 Å². The van der Waals surface area contributed by atoms with E-state index in [-0.39, 0.29) is 17.8 Å². The third kappa shape index (κ3) is 2.09. The predicted octanol–water partition coefficient (Wildman–Crippen LogP) is 2.01. The SMILES string of the molecule is CC1(c2noc(C3CC3)n2)CCNCC1.Cl. The van der Waals surface area contributed by atoms with Gasteiger partial charge >= 0.3 is 0 Å². The summed E-state index contributed by atoms with van der Waals surface area (Å²) in [5, 5.41) is 7.52. The van der Waals surface area contributed by atoms with Crippen LogP contribution in [0.25, 0.3) is 0 Å². The van der Waals surface area contributed by atoms with Crippen LogP contribution in [0.2, 0.25) is 0 Å². The molecular formula is C11H18ClN3O. The minimum Gasteiger partial charge on any atom is -0.339 e. The molecule has 0 radical (unpaired) electrons. The molecule has 1 N–H and O–H groups in total. The lowest BCUT2D eigenvalue weighted by molar-refractivity contribution is 0.299. The number of halogens is 1. The third-order valence-electron chi connectivity index (χ3n) is 3.62.